The van der Waals surface area contributed by atoms with E-state index in [1.165, 1.54) is 0 Å². The normalized spacial score (nSPS) is 11.0. The molecular formula is C17H15ClF4. The third-order valence-corrected chi connectivity index (χ3v) is 3.90. The largest absolute Gasteiger partial charge is 0.205 e. The van der Waals surface area contributed by atoms with E-state index >= 15 is 0 Å². The van der Waals surface area contributed by atoms with Crippen LogP contribution in [0.4, 0.5) is 17.6 Å². The molecule has 0 unspecified atom stereocenters. The van der Waals surface area contributed by atoms with Crippen LogP contribution in [-0.4, -0.2) is 0 Å². The van der Waals surface area contributed by atoms with Crippen molar-refractivity contribution in [1.29, 1.82) is 0 Å². The van der Waals surface area contributed by atoms with E-state index in [-0.39, 0.29) is 11.4 Å². The predicted octanol–water partition coefficient (Wildman–Crippen LogP) is 5.63. The zero-order valence-electron chi connectivity index (χ0n) is 12.0. The van der Waals surface area contributed by atoms with E-state index in [0.717, 1.165) is 18.6 Å². The lowest BCUT2D eigenvalue weighted by atomic mass is 10.0. The molecule has 0 atom stereocenters. The van der Waals surface area contributed by atoms with Crippen LogP contribution in [0.25, 0.3) is 0 Å². The van der Waals surface area contributed by atoms with Gasteiger partial charge in [0.25, 0.3) is 0 Å². The lowest BCUT2D eigenvalue weighted by Gasteiger charge is -2.09. The van der Waals surface area contributed by atoms with E-state index in [0.29, 0.717) is 29.5 Å². The van der Waals surface area contributed by atoms with Gasteiger partial charge in [-0.25, -0.2) is 17.6 Å². The molecule has 118 valence electrons. The first kappa shape index (κ1) is 16.8. The van der Waals surface area contributed by atoms with Gasteiger partial charge in [0.15, 0.2) is 17.5 Å². The van der Waals surface area contributed by atoms with Gasteiger partial charge in [-0.1, -0.05) is 37.1 Å². The van der Waals surface area contributed by atoms with Crippen molar-refractivity contribution in [3.63, 3.8) is 0 Å². The van der Waals surface area contributed by atoms with Crippen molar-refractivity contribution in [2.24, 2.45) is 0 Å². The minimum atomic E-state index is -1.49. The number of halogens is 5. The molecule has 0 nitrogen and oxygen atoms in total. The summed E-state index contributed by atoms with van der Waals surface area (Å²) in [6.45, 7) is 1.94. The Morgan fingerprint density at radius 3 is 2.00 bits per heavy atom. The van der Waals surface area contributed by atoms with Crippen molar-refractivity contribution in [2.75, 3.05) is 0 Å². The summed E-state index contributed by atoms with van der Waals surface area (Å²) in [4.78, 5) is 0. The van der Waals surface area contributed by atoms with Crippen molar-refractivity contribution in [2.45, 2.75) is 32.6 Å². The molecule has 0 bridgehead atoms. The van der Waals surface area contributed by atoms with Gasteiger partial charge in [-0.3, -0.25) is 0 Å². The van der Waals surface area contributed by atoms with E-state index in [2.05, 4.69) is 0 Å². The lowest BCUT2D eigenvalue weighted by molar-refractivity contribution is 0.445. The molecule has 0 spiro atoms. The van der Waals surface area contributed by atoms with Gasteiger partial charge in [0, 0.05) is 0 Å². The fourth-order valence-corrected chi connectivity index (χ4v) is 2.60. The standard InChI is InChI=1S/C17H15ClF4/c1-2-3-12-7-6-11(15(18)16(12)21)5-4-10-8-13(19)17(22)14(20)9-10/h6-9H,2-5H2,1H3. The average Bonchev–Trinajstić information content (AvgIpc) is 2.49. The van der Waals surface area contributed by atoms with Gasteiger partial charge in [0.1, 0.15) is 5.82 Å². The molecule has 5 heteroatoms. The molecule has 22 heavy (non-hydrogen) atoms. The van der Waals surface area contributed by atoms with Crippen LogP contribution < -0.4 is 0 Å². The second kappa shape index (κ2) is 7.14. The van der Waals surface area contributed by atoms with Gasteiger partial charge in [0.2, 0.25) is 0 Å². The second-order valence-corrected chi connectivity index (χ2v) is 5.51. The van der Waals surface area contributed by atoms with Crippen LogP contribution in [0.2, 0.25) is 5.02 Å². The number of hydrogen-bond donors (Lipinski definition) is 0. The molecule has 0 amide bonds. The average molecular weight is 331 g/mol. The second-order valence-electron chi connectivity index (χ2n) is 5.14. The summed E-state index contributed by atoms with van der Waals surface area (Å²) in [6, 6.07) is 5.26. The Kier molecular flexibility index (Phi) is 5.46. The number of benzene rings is 2. The van der Waals surface area contributed by atoms with Gasteiger partial charge in [-0.05, 0) is 48.1 Å². The van der Waals surface area contributed by atoms with Crippen molar-refractivity contribution >= 4 is 11.6 Å². The topological polar surface area (TPSA) is 0 Å². The minimum absolute atomic E-state index is 0.0361. The molecule has 0 saturated heterocycles. The first-order valence-corrected chi connectivity index (χ1v) is 7.41. The molecule has 2 aromatic carbocycles. The zero-order valence-corrected chi connectivity index (χ0v) is 12.8. The SMILES string of the molecule is CCCc1ccc(CCc2cc(F)c(F)c(F)c2)c(Cl)c1F. The molecule has 0 radical (unpaired) electrons. The quantitative estimate of drug-likeness (QED) is 0.492. The molecule has 0 aliphatic carbocycles. The van der Waals surface area contributed by atoms with E-state index in [4.69, 9.17) is 11.6 Å². The van der Waals surface area contributed by atoms with Crippen LogP contribution in [0.5, 0.6) is 0 Å². The predicted molar refractivity (Wildman–Crippen MR) is 79.1 cm³/mol. The van der Waals surface area contributed by atoms with E-state index in [1.807, 2.05) is 6.92 Å². The first-order valence-electron chi connectivity index (χ1n) is 7.03. The highest BCUT2D eigenvalue weighted by atomic mass is 35.5. The van der Waals surface area contributed by atoms with E-state index in [9.17, 15) is 17.6 Å². The molecular weight excluding hydrogens is 316 g/mol. The summed E-state index contributed by atoms with van der Waals surface area (Å²) in [5, 5.41) is 0.0361. The maximum absolute atomic E-state index is 14.1. The summed E-state index contributed by atoms with van der Waals surface area (Å²) in [6.07, 6.45) is 1.95. The van der Waals surface area contributed by atoms with Gasteiger partial charge >= 0.3 is 0 Å². The summed E-state index contributed by atoms with van der Waals surface area (Å²) in [5.74, 6) is -4.40. The molecule has 0 aliphatic rings. The maximum atomic E-state index is 14.1. The number of aryl methyl sites for hydroxylation is 3. The Balaban J connectivity index is 2.17. The van der Waals surface area contributed by atoms with Crippen LogP contribution in [0, 0.1) is 23.3 Å². The molecule has 0 saturated carbocycles. The van der Waals surface area contributed by atoms with E-state index < -0.39 is 23.3 Å². The van der Waals surface area contributed by atoms with Crippen LogP contribution in [0.3, 0.4) is 0 Å². The molecule has 2 rings (SSSR count). The summed E-state index contributed by atoms with van der Waals surface area (Å²) < 4.78 is 53.2. The molecule has 0 heterocycles. The van der Waals surface area contributed by atoms with Crippen LogP contribution in [0.1, 0.15) is 30.0 Å². The molecule has 0 fully saturated rings. The summed E-state index contributed by atoms with van der Waals surface area (Å²) in [5.41, 5.74) is 1.41. The third kappa shape index (κ3) is 3.61. The van der Waals surface area contributed by atoms with Gasteiger partial charge in [-0.15, -0.1) is 0 Å². The smallest absolute Gasteiger partial charge is 0.194 e. The lowest BCUT2D eigenvalue weighted by Crippen LogP contribution is -2.00. The minimum Gasteiger partial charge on any atom is -0.205 e. The number of hydrogen-bond acceptors (Lipinski definition) is 0. The number of rotatable bonds is 5. The first-order chi connectivity index (χ1) is 10.4. The summed E-state index contributed by atoms with van der Waals surface area (Å²) in [7, 11) is 0. The molecule has 0 aliphatic heterocycles. The monoisotopic (exact) mass is 330 g/mol. The zero-order chi connectivity index (χ0) is 16.3. The fraction of sp³-hybridized carbons (Fsp3) is 0.294. The molecule has 0 N–H and O–H groups in total. The Hall–Kier alpha value is -1.55. The van der Waals surface area contributed by atoms with Crippen LogP contribution >= 0.6 is 11.6 Å². The highest BCUT2D eigenvalue weighted by Crippen LogP contribution is 2.26. The van der Waals surface area contributed by atoms with Gasteiger partial charge in [0.05, 0.1) is 5.02 Å². The van der Waals surface area contributed by atoms with Gasteiger partial charge < -0.3 is 0 Å². The Morgan fingerprint density at radius 2 is 1.41 bits per heavy atom. The van der Waals surface area contributed by atoms with Gasteiger partial charge in [-0.2, -0.15) is 0 Å². The Morgan fingerprint density at radius 1 is 0.818 bits per heavy atom. The van der Waals surface area contributed by atoms with Crippen molar-refractivity contribution in [3.05, 3.63) is 69.2 Å². The highest BCUT2D eigenvalue weighted by Gasteiger charge is 2.13. The molecule has 0 aromatic heterocycles. The Bertz CT molecular complexity index is 660. The third-order valence-electron chi connectivity index (χ3n) is 3.49. The van der Waals surface area contributed by atoms with Crippen molar-refractivity contribution in [1.82, 2.24) is 0 Å². The van der Waals surface area contributed by atoms with Crippen LogP contribution in [-0.2, 0) is 19.3 Å². The van der Waals surface area contributed by atoms with E-state index in [1.54, 1.807) is 12.1 Å². The fourth-order valence-electron chi connectivity index (χ4n) is 2.32. The van der Waals surface area contributed by atoms with Crippen molar-refractivity contribution in [3.8, 4) is 0 Å². The van der Waals surface area contributed by atoms with Crippen molar-refractivity contribution < 1.29 is 17.6 Å². The Labute approximate surface area is 131 Å². The highest BCUT2D eigenvalue weighted by molar-refractivity contribution is 6.31. The van der Waals surface area contributed by atoms with Crippen LogP contribution in [0.15, 0.2) is 24.3 Å². The summed E-state index contributed by atoms with van der Waals surface area (Å²) >= 11 is 6.00. The molecule has 2 aromatic rings. The maximum Gasteiger partial charge on any atom is 0.194 e.